The second-order valence-electron chi connectivity index (χ2n) is 10.3. The Balaban J connectivity index is 1.67. The van der Waals surface area contributed by atoms with Gasteiger partial charge in [0.2, 0.25) is 0 Å². The van der Waals surface area contributed by atoms with Gasteiger partial charge in [-0.25, -0.2) is 0 Å². The number of nitrogens with zero attached hydrogens (tertiary/aromatic N) is 3. The summed E-state index contributed by atoms with van der Waals surface area (Å²) in [4.78, 5) is 20.2. The van der Waals surface area contributed by atoms with Gasteiger partial charge in [0.05, 0.1) is 13.2 Å². The molecule has 1 amide bonds. The molecule has 1 fully saturated rings. The highest BCUT2D eigenvalue weighted by molar-refractivity contribution is 5.94. The van der Waals surface area contributed by atoms with Crippen molar-refractivity contribution >= 4 is 5.91 Å². The van der Waals surface area contributed by atoms with Crippen LogP contribution in [0.5, 0.6) is 11.5 Å². The molecule has 38 heavy (non-hydrogen) atoms. The number of phenolic OH excluding ortho intramolecular Hbond substituents is 1. The third-order valence-corrected chi connectivity index (χ3v) is 7.73. The average Bonchev–Trinajstić information content (AvgIpc) is 2.93. The zero-order valence-electron chi connectivity index (χ0n) is 23.3. The lowest BCUT2D eigenvalue weighted by atomic mass is 9.92. The summed E-state index contributed by atoms with van der Waals surface area (Å²) < 4.78 is 5.59. The number of hydrogen-bond acceptors (Lipinski definition) is 5. The number of methoxy groups -OCH3 is 1. The summed E-state index contributed by atoms with van der Waals surface area (Å²) in [6, 6.07) is 24.5. The monoisotopic (exact) mass is 515 g/mol. The molecule has 202 valence electrons. The summed E-state index contributed by atoms with van der Waals surface area (Å²) in [6.45, 7) is 12.6. The molecule has 1 saturated heterocycles. The first-order valence-electron chi connectivity index (χ1n) is 13.6. The molecule has 0 aliphatic carbocycles. The molecule has 3 atom stereocenters. The van der Waals surface area contributed by atoms with Crippen molar-refractivity contribution in [3.05, 3.63) is 95.1 Å². The molecule has 0 unspecified atom stereocenters. The Bertz CT molecular complexity index is 1210. The van der Waals surface area contributed by atoms with Crippen molar-refractivity contribution in [1.29, 1.82) is 0 Å². The van der Waals surface area contributed by atoms with Gasteiger partial charge in [-0.3, -0.25) is 14.6 Å². The number of piperazine rings is 1. The lowest BCUT2D eigenvalue weighted by Gasteiger charge is -2.47. The van der Waals surface area contributed by atoms with E-state index in [1.54, 1.807) is 19.2 Å². The Morgan fingerprint density at radius 2 is 1.61 bits per heavy atom. The zero-order chi connectivity index (χ0) is 27.2. The van der Waals surface area contributed by atoms with Crippen LogP contribution < -0.4 is 4.74 Å². The molecule has 0 radical (unpaired) electrons. The van der Waals surface area contributed by atoms with Crippen LogP contribution in [0.1, 0.15) is 60.8 Å². The summed E-state index contributed by atoms with van der Waals surface area (Å²) in [6.07, 6.45) is 0. The molecule has 4 rings (SSSR count). The molecule has 1 N–H and O–H groups in total. The molecule has 1 heterocycles. The maximum atomic E-state index is 13.2. The largest absolute Gasteiger partial charge is 0.508 e. The van der Waals surface area contributed by atoms with Gasteiger partial charge in [0.15, 0.2) is 0 Å². The fourth-order valence-corrected chi connectivity index (χ4v) is 5.56. The topological polar surface area (TPSA) is 56.2 Å². The van der Waals surface area contributed by atoms with Gasteiger partial charge in [0, 0.05) is 50.4 Å². The van der Waals surface area contributed by atoms with Crippen LogP contribution in [0.4, 0.5) is 0 Å². The average molecular weight is 516 g/mol. The quantitative estimate of drug-likeness (QED) is 0.404. The summed E-state index contributed by atoms with van der Waals surface area (Å²) in [5.41, 5.74) is 4.19. The zero-order valence-corrected chi connectivity index (χ0v) is 23.3. The number of rotatable bonds is 9. The fraction of sp³-hybridized carbons (Fsp3) is 0.406. The van der Waals surface area contributed by atoms with E-state index in [0.717, 1.165) is 42.1 Å². The minimum atomic E-state index is -0.0113. The summed E-state index contributed by atoms with van der Waals surface area (Å²) in [7, 11) is 1.70. The molecule has 0 saturated carbocycles. The minimum absolute atomic E-state index is 0.0113. The number of aromatic hydroxyl groups is 1. The molecule has 0 aromatic heterocycles. The van der Waals surface area contributed by atoms with Crippen molar-refractivity contribution in [2.45, 2.75) is 52.4 Å². The van der Waals surface area contributed by atoms with E-state index < -0.39 is 0 Å². The van der Waals surface area contributed by atoms with Crippen molar-refractivity contribution in [3.8, 4) is 11.5 Å². The molecule has 3 aromatic carbocycles. The van der Waals surface area contributed by atoms with Gasteiger partial charge in [-0.2, -0.15) is 0 Å². The molecular weight excluding hydrogens is 474 g/mol. The molecule has 3 aromatic rings. The van der Waals surface area contributed by atoms with E-state index in [1.165, 1.54) is 5.56 Å². The van der Waals surface area contributed by atoms with Gasteiger partial charge in [-0.05, 0) is 80.8 Å². The molecule has 1 aliphatic heterocycles. The highest BCUT2D eigenvalue weighted by Crippen LogP contribution is 2.35. The highest BCUT2D eigenvalue weighted by Gasteiger charge is 2.35. The molecule has 6 nitrogen and oxygen atoms in total. The summed E-state index contributed by atoms with van der Waals surface area (Å²) >= 11 is 0. The Labute approximate surface area is 227 Å². The van der Waals surface area contributed by atoms with Crippen LogP contribution in [0.3, 0.4) is 0 Å². The normalized spacial score (nSPS) is 19.2. The van der Waals surface area contributed by atoms with Crippen LogP contribution in [0.15, 0.2) is 72.8 Å². The predicted molar refractivity (Wildman–Crippen MR) is 153 cm³/mol. The van der Waals surface area contributed by atoms with E-state index >= 15 is 0 Å². The van der Waals surface area contributed by atoms with E-state index in [4.69, 9.17) is 4.74 Å². The van der Waals surface area contributed by atoms with E-state index in [2.05, 4.69) is 47.9 Å². The standard InChI is InChI=1S/C32H41N3O3/c1-6-33(7-2)32(37)28-12-8-10-26(18-28)31(27-11-9-13-30(19-27)38-5)35-21-23(3)34(20-24(35)4)22-25-14-16-29(36)17-15-25/h8-19,23-24,31,36H,6-7,20-22H2,1-5H3/t23-,24+,31-/m1/s1. The molecule has 0 spiro atoms. The number of benzene rings is 3. The highest BCUT2D eigenvalue weighted by atomic mass is 16.5. The molecule has 1 aliphatic rings. The van der Waals surface area contributed by atoms with Crippen molar-refractivity contribution in [2.75, 3.05) is 33.3 Å². The number of amides is 1. The lowest BCUT2D eigenvalue weighted by Crippen LogP contribution is -2.56. The van der Waals surface area contributed by atoms with Gasteiger partial charge in [-0.15, -0.1) is 0 Å². The van der Waals surface area contributed by atoms with E-state index in [0.29, 0.717) is 24.9 Å². The van der Waals surface area contributed by atoms with Crippen molar-refractivity contribution in [1.82, 2.24) is 14.7 Å². The Hall–Kier alpha value is -3.35. The number of hydrogen-bond donors (Lipinski definition) is 1. The van der Waals surface area contributed by atoms with Crippen LogP contribution in [0, 0.1) is 0 Å². The third-order valence-electron chi connectivity index (χ3n) is 7.73. The molecular formula is C32H41N3O3. The smallest absolute Gasteiger partial charge is 0.253 e. The third kappa shape index (κ3) is 6.20. The van der Waals surface area contributed by atoms with Crippen molar-refractivity contribution in [2.24, 2.45) is 0 Å². The first-order valence-corrected chi connectivity index (χ1v) is 13.6. The van der Waals surface area contributed by atoms with Gasteiger partial charge in [0.1, 0.15) is 11.5 Å². The van der Waals surface area contributed by atoms with E-state index in [1.807, 2.05) is 55.1 Å². The second kappa shape index (κ2) is 12.5. The minimum Gasteiger partial charge on any atom is -0.508 e. The van der Waals surface area contributed by atoms with Gasteiger partial charge < -0.3 is 14.7 Å². The van der Waals surface area contributed by atoms with Crippen LogP contribution >= 0.6 is 0 Å². The van der Waals surface area contributed by atoms with Crippen LogP contribution in [-0.4, -0.2) is 71.1 Å². The number of phenols is 1. The van der Waals surface area contributed by atoms with Crippen molar-refractivity contribution in [3.63, 3.8) is 0 Å². The van der Waals surface area contributed by atoms with Gasteiger partial charge in [-0.1, -0.05) is 36.4 Å². The predicted octanol–water partition coefficient (Wildman–Crippen LogP) is 5.57. The molecule has 0 bridgehead atoms. The summed E-state index contributed by atoms with van der Waals surface area (Å²) in [5.74, 6) is 1.19. The van der Waals surface area contributed by atoms with Crippen LogP contribution in [-0.2, 0) is 6.54 Å². The van der Waals surface area contributed by atoms with E-state index in [9.17, 15) is 9.90 Å². The first kappa shape index (κ1) is 27.7. The van der Waals surface area contributed by atoms with Crippen molar-refractivity contribution < 1.29 is 14.6 Å². The van der Waals surface area contributed by atoms with Gasteiger partial charge in [0.25, 0.3) is 5.91 Å². The Morgan fingerprint density at radius 3 is 2.26 bits per heavy atom. The van der Waals surface area contributed by atoms with Crippen LogP contribution in [0.25, 0.3) is 0 Å². The SMILES string of the molecule is CCN(CC)C(=O)c1cccc([C@H](c2cccc(OC)c2)N2C[C@@H](C)N(Cc3ccc(O)cc3)C[C@@H]2C)c1. The Morgan fingerprint density at radius 1 is 0.947 bits per heavy atom. The van der Waals surface area contributed by atoms with E-state index in [-0.39, 0.29) is 18.0 Å². The molecule has 6 heteroatoms. The fourth-order valence-electron chi connectivity index (χ4n) is 5.56. The second-order valence-corrected chi connectivity index (χ2v) is 10.3. The number of ether oxygens (including phenoxy) is 1. The number of carbonyl (C=O) groups is 1. The maximum absolute atomic E-state index is 13.2. The maximum Gasteiger partial charge on any atom is 0.253 e. The Kier molecular flexibility index (Phi) is 9.08. The first-order chi connectivity index (χ1) is 18.3. The van der Waals surface area contributed by atoms with Crippen LogP contribution in [0.2, 0.25) is 0 Å². The van der Waals surface area contributed by atoms with Gasteiger partial charge >= 0.3 is 0 Å². The number of carbonyl (C=O) groups excluding carboxylic acids is 1. The lowest BCUT2D eigenvalue weighted by molar-refractivity contribution is 0.0195. The summed E-state index contributed by atoms with van der Waals surface area (Å²) in [5, 5.41) is 9.67.